The van der Waals surface area contributed by atoms with Crippen molar-refractivity contribution in [1.82, 2.24) is 15.0 Å². The van der Waals surface area contributed by atoms with Crippen molar-refractivity contribution in [1.29, 1.82) is 0 Å². The summed E-state index contributed by atoms with van der Waals surface area (Å²) in [5.74, 6) is 3.50. The van der Waals surface area contributed by atoms with Crippen LogP contribution in [-0.4, -0.2) is 62.2 Å². The van der Waals surface area contributed by atoms with Crippen molar-refractivity contribution in [3.05, 3.63) is 29.4 Å². The van der Waals surface area contributed by atoms with Crippen LogP contribution in [-0.2, 0) is 17.7 Å². The number of aromatic nitrogens is 2. The second kappa shape index (κ2) is 9.75. The zero-order chi connectivity index (χ0) is 19.9. The van der Waals surface area contributed by atoms with Gasteiger partial charge in [0, 0.05) is 44.6 Å². The lowest BCUT2D eigenvalue weighted by molar-refractivity contribution is 0.00664. The molecule has 0 amide bonds. The average Bonchev–Trinajstić information content (AvgIpc) is 3.14. The van der Waals surface area contributed by atoms with Crippen LogP contribution in [0.1, 0.15) is 30.1 Å². The largest absolute Gasteiger partial charge is 0.496 e. The molecule has 0 aliphatic carbocycles. The van der Waals surface area contributed by atoms with Crippen LogP contribution < -0.4 is 14.2 Å². The fourth-order valence-corrected chi connectivity index (χ4v) is 3.45. The van der Waals surface area contributed by atoms with Gasteiger partial charge in [-0.05, 0) is 18.9 Å². The number of methoxy groups -OCH3 is 3. The molecule has 0 unspecified atom stereocenters. The van der Waals surface area contributed by atoms with Crippen LogP contribution >= 0.6 is 0 Å². The second-order valence-corrected chi connectivity index (χ2v) is 6.84. The maximum Gasteiger partial charge on any atom is 0.223 e. The quantitative estimate of drug-likeness (QED) is 0.645. The van der Waals surface area contributed by atoms with E-state index in [2.05, 4.69) is 15.0 Å². The van der Waals surface area contributed by atoms with Crippen molar-refractivity contribution in [2.24, 2.45) is 0 Å². The van der Waals surface area contributed by atoms with E-state index in [4.69, 9.17) is 23.5 Å². The summed E-state index contributed by atoms with van der Waals surface area (Å²) in [6.07, 6.45) is 2.96. The summed E-state index contributed by atoms with van der Waals surface area (Å²) in [5.41, 5.74) is 1.09. The van der Waals surface area contributed by atoms with E-state index in [9.17, 15) is 0 Å². The predicted octanol–water partition coefficient (Wildman–Crippen LogP) is 2.63. The summed E-state index contributed by atoms with van der Waals surface area (Å²) in [7, 11) is 4.95. The first-order chi connectivity index (χ1) is 13.6. The highest BCUT2D eigenvalue weighted by Gasteiger charge is 2.22. The van der Waals surface area contributed by atoms with Crippen molar-refractivity contribution in [2.45, 2.75) is 38.8 Å². The molecule has 1 aromatic carbocycles. The van der Waals surface area contributed by atoms with Gasteiger partial charge in [0.15, 0.2) is 17.3 Å². The topological polar surface area (TPSA) is 79.1 Å². The van der Waals surface area contributed by atoms with Gasteiger partial charge in [-0.1, -0.05) is 5.16 Å². The van der Waals surface area contributed by atoms with E-state index in [0.717, 1.165) is 43.8 Å². The Hall–Kier alpha value is -2.32. The highest BCUT2D eigenvalue weighted by atomic mass is 16.5. The lowest BCUT2D eigenvalue weighted by Gasteiger charge is -2.32. The van der Waals surface area contributed by atoms with Crippen LogP contribution in [0.15, 0.2) is 16.7 Å². The number of ether oxygens (including phenoxy) is 4. The molecule has 0 bridgehead atoms. The normalized spacial score (nSPS) is 15.6. The average molecular weight is 391 g/mol. The lowest BCUT2D eigenvalue weighted by atomic mass is 10.1. The Balaban J connectivity index is 1.48. The van der Waals surface area contributed by atoms with Crippen LogP contribution in [0, 0.1) is 6.92 Å². The minimum absolute atomic E-state index is 0.275. The monoisotopic (exact) mass is 391 g/mol. The zero-order valence-electron chi connectivity index (χ0n) is 17.1. The summed E-state index contributed by atoms with van der Waals surface area (Å²) in [6, 6.07) is 3.87. The van der Waals surface area contributed by atoms with Gasteiger partial charge >= 0.3 is 0 Å². The molecule has 1 aromatic heterocycles. The number of nitrogens with zero attached hydrogens (tertiary/aromatic N) is 3. The molecule has 2 aromatic rings. The van der Waals surface area contributed by atoms with Gasteiger partial charge < -0.3 is 23.5 Å². The Labute approximate surface area is 165 Å². The van der Waals surface area contributed by atoms with Gasteiger partial charge in [-0.25, -0.2) is 0 Å². The van der Waals surface area contributed by atoms with Gasteiger partial charge in [-0.2, -0.15) is 4.98 Å². The van der Waals surface area contributed by atoms with Crippen molar-refractivity contribution in [3.63, 3.8) is 0 Å². The van der Waals surface area contributed by atoms with Gasteiger partial charge in [0.25, 0.3) is 0 Å². The second-order valence-electron chi connectivity index (χ2n) is 6.84. The molecule has 8 heteroatoms. The Morgan fingerprint density at radius 1 is 1.04 bits per heavy atom. The number of aryl methyl sites for hydroxylation is 1. The molecular weight excluding hydrogens is 362 g/mol. The SMILES string of the molecule is COc1cc(OC)c(OC)cc1CN1CCC(OCCc2noc(C)n2)CC1. The van der Waals surface area contributed by atoms with E-state index >= 15 is 0 Å². The van der Waals surface area contributed by atoms with E-state index in [1.807, 2.05) is 12.1 Å². The standard InChI is InChI=1S/C20H29N3O5/c1-14-21-20(22-28-14)7-10-27-16-5-8-23(9-6-16)13-15-11-18(25-3)19(26-4)12-17(15)24-2/h11-12,16H,5-10,13H2,1-4H3. The smallest absolute Gasteiger partial charge is 0.223 e. The number of hydrogen-bond donors (Lipinski definition) is 0. The number of likely N-dealkylation sites (tertiary alicyclic amines) is 1. The number of benzene rings is 1. The molecular formula is C20H29N3O5. The Kier molecular flexibility index (Phi) is 7.11. The Morgan fingerprint density at radius 2 is 1.71 bits per heavy atom. The summed E-state index contributed by atoms with van der Waals surface area (Å²) in [6.45, 7) is 5.17. The highest BCUT2D eigenvalue weighted by molar-refractivity contribution is 5.50. The predicted molar refractivity (Wildman–Crippen MR) is 103 cm³/mol. The van der Waals surface area contributed by atoms with E-state index in [0.29, 0.717) is 36.2 Å². The third-order valence-corrected chi connectivity index (χ3v) is 4.96. The fourth-order valence-electron chi connectivity index (χ4n) is 3.45. The van der Waals surface area contributed by atoms with Gasteiger partial charge in [-0.15, -0.1) is 0 Å². The molecule has 0 spiro atoms. The molecule has 0 radical (unpaired) electrons. The molecule has 2 heterocycles. The molecule has 0 N–H and O–H groups in total. The van der Waals surface area contributed by atoms with Crippen LogP contribution in [0.3, 0.4) is 0 Å². The number of piperidine rings is 1. The molecule has 1 aliphatic rings. The molecule has 28 heavy (non-hydrogen) atoms. The highest BCUT2D eigenvalue weighted by Crippen LogP contribution is 2.35. The van der Waals surface area contributed by atoms with Crippen LogP contribution in [0.5, 0.6) is 17.2 Å². The van der Waals surface area contributed by atoms with Gasteiger partial charge in [-0.3, -0.25) is 4.90 Å². The summed E-state index contributed by atoms with van der Waals surface area (Å²) in [4.78, 5) is 6.61. The number of hydrogen-bond acceptors (Lipinski definition) is 8. The minimum Gasteiger partial charge on any atom is -0.496 e. The summed E-state index contributed by atoms with van der Waals surface area (Å²) in [5, 5.41) is 3.89. The Bertz CT molecular complexity index is 756. The van der Waals surface area contributed by atoms with Crippen LogP contribution in [0.2, 0.25) is 0 Å². The fraction of sp³-hybridized carbons (Fsp3) is 0.600. The Morgan fingerprint density at radius 3 is 2.32 bits per heavy atom. The third-order valence-electron chi connectivity index (χ3n) is 4.96. The zero-order valence-corrected chi connectivity index (χ0v) is 17.1. The summed E-state index contributed by atoms with van der Waals surface area (Å²) < 4.78 is 27.3. The van der Waals surface area contributed by atoms with Gasteiger partial charge in [0.1, 0.15) is 5.75 Å². The third kappa shape index (κ3) is 5.14. The number of rotatable bonds is 9. The van der Waals surface area contributed by atoms with E-state index in [1.54, 1.807) is 28.3 Å². The first kappa shape index (κ1) is 20.4. The van der Waals surface area contributed by atoms with Gasteiger partial charge in [0.2, 0.25) is 5.89 Å². The molecule has 0 atom stereocenters. The lowest BCUT2D eigenvalue weighted by Crippen LogP contribution is -2.36. The molecule has 1 aliphatic heterocycles. The maximum atomic E-state index is 6.00. The molecule has 1 fully saturated rings. The van der Waals surface area contributed by atoms with Crippen molar-refractivity contribution < 1.29 is 23.5 Å². The first-order valence-electron chi connectivity index (χ1n) is 9.55. The van der Waals surface area contributed by atoms with Gasteiger partial charge in [0.05, 0.1) is 34.0 Å². The van der Waals surface area contributed by atoms with E-state index in [1.165, 1.54) is 0 Å². The molecule has 0 saturated carbocycles. The molecule has 1 saturated heterocycles. The minimum atomic E-state index is 0.275. The van der Waals surface area contributed by atoms with Crippen molar-refractivity contribution in [3.8, 4) is 17.2 Å². The maximum absolute atomic E-state index is 6.00. The molecule has 8 nitrogen and oxygen atoms in total. The molecule has 3 rings (SSSR count). The summed E-state index contributed by atoms with van der Waals surface area (Å²) >= 11 is 0. The first-order valence-corrected chi connectivity index (χ1v) is 9.55. The van der Waals surface area contributed by atoms with Crippen molar-refractivity contribution >= 4 is 0 Å². The van der Waals surface area contributed by atoms with E-state index < -0.39 is 0 Å². The molecule has 154 valence electrons. The van der Waals surface area contributed by atoms with E-state index in [-0.39, 0.29) is 6.10 Å². The van der Waals surface area contributed by atoms with Crippen LogP contribution in [0.25, 0.3) is 0 Å². The van der Waals surface area contributed by atoms with Crippen molar-refractivity contribution in [2.75, 3.05) is 41.0 Å². The van der Waals surface area contributed by atoms with Crippen LogP contribution in [0.4, 0.5) is 0 Å².